The minimum atomic E-state index is -0.923. The molecule has 5 nitrogen and oxygen atoms in total. The molecule has 0 atom stereocenters. The zero-order valence-electron chi connectivity index (χ0n) is 12.6. The fourth-order valence-corrected chi connectivity index (χ4v) is 2.47. The number of rotatable bonds is 7. The Kier molecular flexibility index (Phi) is 4.96. The number of hydrogen-bond acceptors (Lipinski definition) is 3. The Morgan fingerprint density at radius 3 is 2.33 bits per heavy atom. The molecule has 21 heavy (non-hydrogen) atoms. The summed E-state index contributed by atoms with van der Waals surface area (Å²) in [6.07, 6.45) is 2.25. The van der Waals surface area contributed by atoms with Crippen molar-refractivity contribution >= 4 is 11.9 Å². The first-order valence-electron chi connectivity index (χ1n) is 7.31. The monoisotopic (exact) mass is 290 g/mol. The second-order valence-corrected chi connectivity index (χ2v) is 5.59. The van der Waals surface area contributed by atoms with Crippen LogP contribution in [-0.2, 0) is 11.3 Å². The number of hydrogen-bond donors (Lipinski definition) is 1. The molecule has 0 aromatic heterocycles. The first kappa shape index (κ1) is 15.5. The van der Waals surface area contributed by atoms with Crippen LogP contribution in [0, 0.1) is 0 Å². The van der Waals surface area contributed by atoms with E-state index in [-0.39, 0.29) is 11.5 Å². The second-order valence-electron chi connectivity index (χ2n) is 5.59. The molecule has 1 aromatic rings. The molecule has 1 aromatic carbocycles. The van der Waals surface area contributed by atoms with E-state index in [4.69, 9.17) is 5.11 Å². The van der Waals surface area contributed by atoms with E-state index in [0.717, 1.165) is 24.9 Å². The Bertz CT molecular complexity index is 509. The average molecular weight is 290 g/mol. The molecule has 0 radical (unpaired) electrons. The van der Waals surface area contributed by atoms with Gasteiger partial charge in [-0.3, -0.25) is 9.69 Å². The van der Waals surface area contributed by atoms with Crippen LogP contribution < -0.4 is 0 Å². The third-order valence-corrected chi connectivity index (χ3v) is 3.71. The van der Waals surface area contributed by atoms with E-state index < -0.39 is 5.97 Å². The molecule has 1 aliphatic carbocycles. The van der Waals surface area contributed by atoms with E-state index in [1.54, 1.807) is 24.3 Å². The van der Waals surface area contributed by atoms with E-state index in [1.807, 2.05) is 23.8 Å². The van der Waals surface area contributed by atoms with Crippen LogP contribution in [0.2, 0.25) is 0 Å². The number of nitrogens with zero attached hydrogens (tertiary/aromatic N) is 2. The van der Waals surface area contributed by atoms with Crippen molar-refractivity contribution in [2.45, 2.75) is 32.4 Å². The first-order chi connectivity index (χ1) is 10.0. The molecule has 1 N–H and O–H groups in total. The summed E-state index contributed by atoms with van der Waals surface area (Å²) in [6.45, 7) is 3.81. The van der Waals surface area contributed by atoms with Crippen LogP contribution in [0.25, 0.3) is 0 Å². The Balaban J connectivity index is 1.87. The molecule has 0 unspecified atom stereocenters. The van der Waals surface area contributed by atoms with Crippen molar-refractivity contribution in [2.24, 2.45) is 0 Å². The predicted octanol–water partition coefficient (Wildman–Crippen LogP) is 1.83. The summed E-state index contributed by atoms with van der Waals surface area (Å²) in [6, 6.07) is 7.23. The fraction of sp³-hybridized carbons (Fsp3) is 0.500. The Labute approximate surface area is 125 Å². The number of carboxylic acid groups (broad SMARTS) is 1. The minimum Gasteiger partial charge on any atom is -0.478 e. The summed E-state index contributed by atoms with van der Waals surface area (Å²) in [5, 5.41) is 8.86. The number of aromatic carboxylic acids is 1. The van der Waals surface area contributed by atoms with Gasteiger partial charge in [-0.1, -0.05) is 12.1 Å². The molecule has 0 bridgehead atoms. The molecule has 0 spiro atoms. The molecule has 0 aliphatic heterocycles. The molecular formula is C16H22N2O3. The van der Waals surface area contributed by atoms with Crippen LogP contribution in [0.15, 0.2) is 24.3 Å². The summed E-state index contributed by atoms with van der Waals surface area (Å²) in [7, 11) is 1.91. The highest BCUT2D eigenvalue weighted by Gasteiger charge is 2.31. The van der Waals surface area contributed by atoms with Gasteiger partial charge in [0.2, 0.25) is 5.91 Å². The number of carbonyl (C=O) groups excluding carboxylic acids is 1. The van der Waals surface area contributed by atoms with E-state index in [9.17, 15) is 9.59 Å². The molecule has 1 saturated carbocycles. The maximum Gasteiger partial charge on any atom is 0.335 e. The molecule has 1 fully saturated rings. The topological polar surface area (TPSA) is 60.9 Å². The lowest BCUT2D eigenvalue weighted by molar-refractivity contribution is -0.132. The van der Waals surface area contributed by atoms with E-state index in [2.05, 4.69) is 0 Å². The van der Waals surface area contributed by atoms with Crippen molar-refractivity contribution in [3.05, 3.63) is 35.4 Å². The van der Waals surface area contributed by atoms with Gasteiger partial charge in [-0.2, -0.15) is 0 Å². The van der Waals surface area contributed by atoms with Gasteiger partial charge < -0.3 is 10.0 Å². The summed E-state index contributed by atoms with van der Waals surface area (Å²) in [5.41, 5.74) is 1.29. The van der Waals surface area contributed by atoms with Crippen molar-refractivity contribution in [2.75, 3.05) is 20.1 Å². The van der Waals surface area contributed by atoms with Crippen LogP contribution >= 0.6 is 0 Å². The predicted molar refractivity (Wildman–Crippen MR) is 80.1 cm³/mol. The van der Waals surface area contributed by atoms with Crippen LogP contribution in [0.4, 0.5) is 0 Å². The van der Waals surface area contributed by atoms with Crippen LogP contribution in [0.1, 0.15) is 35.7 Å². The third-order valence-electron chi connectivity index (χ3n) is 3.71. The number of likely N-dealkylation sites (N-methyl/N-ethyl adjacent to an activating group) is 2. The van der Waals surface area contributed by atoms with Crippen molar-refractivity contribution in [1.82, 2.24) is 9.80 Å². The molecular weight excluding hydrogens is 268 g/mol. The normalized spacial score (nSPS) is 14.2. The molecule has 1 amide bonds. The molecule has 0 saturated heterocycles. The quantitative estimate of drug-likeness (QED) is 0.832. The van der Waals surface area contributed by atoms with Gasteiger partial charge in [0, 0.05) is 19.1 Å². The standard InChI is InChI=1S/C16H22N2O3/c1-3-18(14-8-9-14)15(19)11-17(2)10-12-4-6-13(7-5-12)16(20)21/h4-7,14H,3,8-11H2,1-2H3,(H,20,21). The Morgan fingerprint density at radius 2 is 1.86 bits per heavy atom. The average Bonchev–Trinajstić information content (AvgIpc) is 3.24. The number of carboxylic acids is 1. The van der Waals surface area contributed by atoms with Crippen LogP contribution in [0.5, 0.6) is 0 Å². The zero-order valence-corrected chi connectivity index (χ0v) is 12.6. The lowest BCUT2D eigenvalue weighted by Gasteiger charge is -2.24. The lowest BCUT2D eigenvalue weighted by Crippen LogP contribution is -2.40. The van der Waals surface area contributed by atoms with Gasteiger partial charge in [-0.05, 0) is 44.5 Å². The molecule has 0 heterocycles. The molecule has 5 heteroatoms. The van der Waals surface area contributed by atoms with Crippen LogP contribution in [-0.4, -0.2) is 53.0 Å². The van der Waals surface area contributed by atoms with Gasteiger partial charge in [0.15, 0.2) is 0 Å². The van der Waals surface area contributed by atoms with E-state index in [0.29, 0.717) is 19.1 Å². The second kappa shape index (κ2) is 6.72. The molecule has 114 valence electrons. The summed E-state index contributed by atoms with van der Waals surface area (Å²) >= 11 is 0. The first-order valence-corrected chi connectivity index (χ1v) is 7.31. The highest BCUT2D eigenvalue weighted by molar-refractivity contribution is 5.87. The summed E-state index contributed by atoms with van der Waals surface area (Å²) < 4.78 is 0. The van der Waals surface area contributed by atoms with Crippen LogP contribution in [0.3, 0.4) is 0 Å². The zero-order chi connectivity index (χ0) is 15.4. The maximum atomic E-state index is 12.2. The molecule has 1 aliphatic rings. The van der Waals surface area contributed by atoms with Gasteiger partial charge in [-0.25, -0.2) is 4.79 Å². The molecule has 2 rings (SSSR count). The van der Waals surface area contributed by atoms with Gasteiger partial charge in [0.25, 0.3) is 0 Å². The van der Waals surface area contributed by atoms with Crippen molar-refractivity contribution in [3.63, 3.8) is 0 Å². The van der Waals surface area contributed by atoms with Gasteiger partial charge in [-0.15, -0.1) is 0 Å². The fourth-order valence-electron chi connectivity index (χ4n) is 2.47. The number of carbonyl (C=O) groups is 2. The minimum absolute atomic E-state index is 0.171. The Hall–Kier alpha value is -1.88. The smallest absolute Gasteiger partial charge is 0.335 e. The van der Waals surface area contributed by atoms with Gasteiger partial charge in [0.1, 0.15) is 0 Å². The number of amides is 1. The maximum absolute atomic E-state index is 12.2. The van der Waals surface area contributed by atoms with Crippen molar-refractivity contribution in [3.8, 4) is 0 Å². The van der Waals surface area contributed by atoms with E-state index in [1.165, 1.54) is 0 Å². The van der Waals surface area contributed by atoms with Gasteiger partial charge in [0.05, 0.1) is 12.1 Å². The Morgan fingerprint density at radius 1 is 1.24 bits per heavy atom. The summed E-state index contributed by atoms with van der Waals surface area (Å²) in [4.78, 5) is 26.9. The summed E-state index contributed by atoms with van der Waals surface area (Å²) in [5.74, 6) is -0.752. The van der Waals surface area contributed by atoms with Gasteiger partial charge >= 0.3 is 5.97 Å². The highest BCUT2D eigenvalue weighted by Crippen LogP contribution is 2.26. The number of benzene rings is 1. The lowest BCUT2D eigenvalue weighted by atomic mass is 10.1. The third kappa shape index (κ3) is 4.29. The van der Waals surface area contributed by atoms with Crippen molar-refractivity contribution in [1.29, 1.82) is 0 Å². The highest BCUT2D eigenvalue weighted by atomic mass is 16.4. The largest absolute Gasteiger partial charge is 0.478 e. The van der Waals surface area contributed by atoms with E-state index >= 15 is 0 Å². The van der Waals surface area contributed by atoms with Crippen molar-refractivity contribution < 1.29 is 14.7 Å². The SMILES string of the molecule is CCN(C(=O)CN(C)Cc1ccc(C(=O)O)cc1)C1CC1.